The molecule has 2 rings (SSSR count). The molecule has 2 atom stereocenters. The van der Waals surface area contributed by atoms with E-state index in [1.54, 1.807) is 37.3 Å². The fraction of sp³-hybridized carbons (Fsp3) is 0.250. The highest BCUT2D eigenvalue weighted by molar-refractivity contribution is 6.30. The normalized spacial score (nSPS) is 13.8. The van der Waals surface area contributed by atoms with Gasteiger partial charge in [-0.2, -0.15) is 0 Å². The van der Waals surface area contributed by atoms with Gasteiger partial charge in [0.25, 0.3) is 0 Å². The van der Waals surface area contributed by atoms with E-state index in [1.165, 1.54) is 0 Å². The van der Waals surface area contributed by atoms with Gasteiger partial charge in [0.2, 0.25) is 0 Å². The molecule has 106 valence electrons. The number of halogens is 2. The molecule has 0 bridgehead atoms. The van der Waals surface area contributed by atoms with Gasteiger partial charge in [0.05, 0.1) is 0 Å². The van der Waals surface area contributed by atoms with Crippen LogP contribution in [0.4, 0.5) is 4.39 Å². The van der Waals surface area contributed by atoms with E-state index >= 15 is 0 Å². The largest absolute Gasteiger partial charge is 0.481 e. The van der Waals surface area contributed by atoms with E-state index in [4.69, 9.17) is 22.1 Å². The summed E-state index contributed by atoms with van der Waals surface area (Å²) in [6.45, 7) is 3.53. The molecule has 0 amide bonds. The Hall–Kier alpha value is -1.58. The molecular formula is C16H17ClFNO. The number of nitrogens with two attached hydrogens (primary N) is 1. The molecule has 2 aromatic rings. The van der Waals surface area contributed by atoms with Crippen molar-refractivity contribution < 1.29 is 9.13 Å². The number of aryl methyl sites for hydroxylation is 1. The highest BCUT2D eigenvalue weighted by atomic mass is 35.5. The fourth-order valence-corrected chi connectivity index (χ4v) is 2.11. The molecule has 0 radical (unpaired) electrons. The van der Waals surface area contributed by atoms with Gasteiger partial charge in [0.15, 0.2) is 11.6 Å². The molecule has 0 aliphatic carbocycles. The summed E-state index contributed by atoms with van der Waals surface area (Å²) in [6.07, 6.45) is -0.427. The second-order valence-corrected chi connectivity index (χ2v) is 5.27. The highest BCUT2D eigenvalue weighted by Gasteiger charge is 2.20. The molecule has 4 heteroatoms. The lowest BCUT2D eigenvalue weighted by molar-refractivity contribution is 0.172. The fourth-order valence-electron chi connectivity index (χ4n) is 1.98. The van der Waals surface area contributed by atoms with Crippen LogP contribution in [0.1, 0.15) is 24.2 Å². The van der Waals surface area contributed by atoms with Crippen LogP contribution in [0, 0.1) is 12.7 Å². The third kappa shape index (κ3) is 3.30. The Bertz CT molecular complexity index is 584. The minimum absolute atomic E-state index is 0.210. The Morgan fingerprint density at radius 1 is 1.15 bits per heavy atom. The Labute approximate surface area is 123 Å². The lowest BCUT2D eigenvalue weighted by Gasteiger charge is -2.23. The maximum absolute atomic E-state index is 14.0. The Morgan fingerprint density at radius 2 is 1.80 bits per heavy atom. The van der Waals surface area contributed by atoms with Gasteiger partial charge in [-0.05, 0) is 43.2 Å². The molecule has 0 saturated heterocycles. The average Bonchev–Trinajstić information content (AvgIpc) is 2.41. The van der Waals surface area contributed by atoms with E-state index < -0.39 is 6.10 Å². The molecule has 2 unspecified atom stereocenters. The van der Waals surface area contributed by atoms with Gasteiger partial charge in [-0.1, -0.05) is 35.9 Å². The molecule has 0 heterocycles. The third-order valence-electron chi connectivity index (χ3n) is 3.09. The zero-order chi connectivity index (χ0) is 14.7. The first-order valence-electron chi connectivity index (χ1n) is 6.42. The first kappa shape index (κ1) is 14.8. The Kier molecular flexibility index (Phi) is 4.63. The molecule has 2 aromatic carbocycles. The first-order chi connectivity index (χ1) is 9.49. The molecule has 0 spiro atoms. The van der Waals surface area contributed by atoms with Gasteiger partial charge in [0.1, 0.15) is 6.10 Å². The van der Waals surface area contributed by atoms with Crippen molar-refractivity contribution in [1.82, 2.24) is 0 Å². The number of hydrogen-bond donors (Lipinski definition) is 1. The quantitative estimate of drug-likeness (QED) is 0.914. The van der Waals surface area contributed by atoms with Crippen LogP contribution in [0.2, 0.25) is 5.02 Å². The second kappa shape index (κ2) is 6.25. The van der Waals surface area contributed by atoms with Crippen LogP contribution >= 0.6 is 11.6 Å². The molecule has 20 heavy (non-hydrogen) atoms. The van der Waals surface area contributed by atoms with E-state index in [9.17, 15) is 4.39 Å². The third-order valence-corrected chi connectivity index (χ3v) is 3.34. The standard InChI is InChI=1S/C16H17ClFNO/c1-10-4-3-5-14(15(10)18)20-16(11(2)19)12-6-8-13(17)9-7-12/h3-9,11,16H,19H2,1-2H3. The molecule has 0 aliphatic heterocycles. The minimum Gasteiger partial charge on any atom is -0.481 e. The van der Waals surface area contributed by atoms with Crippen LogP contribution in [0.5, 0.6) is 5.75 Å². The van der Waals surface area contributed by atoms with Gasteiger partial charge in [0, 0.05) is 11.1 Å². The zero-order valence-corrected chi connectivity index (χ0v) is 12.2. The van der Waals surface area contributed by atoms with Crippen molar-refractivity contribution in [3.8, 4) is 5.75 Å². The Balaban J connectivity index is 2.30. The highest BCUT2D eigenvalue weighted by Crippen LogP contribution is 2.28. The smallest absolute Gasteiger partial charge is 0.167 e. The van der Waals surface area contributed by atoms with Crippen LogP contribution in [-0.4, -0.2) is 6.04 Å². The summed E-state index contributed by atoms with van der Waals surface area (Å²) in [7, 11) is 0. The molecular weight excluding hydrogens is 277 g/mol. The number of rotatable bonds is 4. The van der Waals surface area contributed by atoms with Crippen LogP contribution in [-0.2, 0) is 0 Å². The molecule has 0 aromatic heterocycles. The van der Waals surface area contributed by atoms with E-state index in [-0.39, 0.29) is 17.6 Å². The van der Waals surface area contributed by atoms with Gasteiger partial charge in [-0.3, -0.25) is 0 Å². The van der Waals surface area contributed by atoms with Gasteiger partial charge < -0.3 is 10.5 Å². The summed E-state index contributed by atoms with van der Waals surface area (Å²) >= 11 is 5.87. The summed E-state index contributed by atoms with van der Waals surface area (Å²) < 4.78 is 19.8. The van der Waals surface area contributed by atoms with Gasteiger partial charge >= 0.3 is 0 Å². The first-order valence-corrected chi connectivity index (χ1v) is 6.79. The molecule has 2 N–H and O–H groups in total. The SMILES string of the molecule is Cc1cccc(OC(c2ccc(Cl)cc2)C(C)N)c1F. The monoisotopic (exact) mass is 293 g/mol. The van der Waals surface area contributed by atoms with E-state index in [1.807, 2.05) is 19.1 Å². The number of benzene rings is 2. The maximum Gasteiger partial charge on any atom is 0.167 e. The maximum atomic E-state index is 14.0. The topological polar surface area (TPSA) is 35.2 Å². The molecule has 0 fully saturated rings. The number of hydrogen-bond acceptors (Lipinski definition) is 2. The predicted molar refractivity (Wildman–Crippen MR) is 79.6 cm³/mol. The average molecular weight is 294 g/mol. The van der Waals surface area contributed by atoms with Crippen molar-refractivity contribution in [3.63, 3.8) is 0 Å². The van der Waals surface area contributed by atoms with Crippen molar-refractivity contribution >= 4 is 11.6 Å². The van der Waals surface area contributed by atoms with E-state index in [0.29, 0.717) is 10.6 Å². The lowest BCUT2D eigenvalue weighted by Crippen LogP contribution is -2.29. The van der Waals surface area contributed by atoms with Gasteiger partial charge in [-0.25, -0.2) is 4.39 Å². The van der Waals surface area contributed by atoms with E-state index in [0.717, 1.165) is 5.56 Å². The van der Waals surface area contributed by atoms with Gasteiger partial charge in [-0.15, -0.1) is 0 Å². The summed E-state index contributed by atoms with van der Waals surface area (Å²) in [5.41, 5.74) is 7.37. The van der Waals surface area contributed by atoms with Crippen LogP contribution in [0.3, 0.4) is 0 Å². The number of ether oxygens (including phenoxy) is 1. The molecule has 0 saturated carbocycles. The summed E-state index contributed by atoms with van der Waals surface area (Å²) in [5.74, 6) is -0.144. The van der Waals surface area contributed by atoms with Crippen molar-refractivity contribution in [3.05, 3.63) is 64.4 Å². The predicted octanol–water partition coefficient (Wildman–Crippen LogP) is 4.25. The molecule has 2 nitrogen and oxygen atoms in total. The summed E-state index contributed by atoms with van der Waals surface area (Å²) in [4.78, 5) is 0. The zero-order valence-electron chi connectivity index (χ0n) is 11.4. The summed E-state index contributed by atoms with van der Waals surface area (Å²) in [6, 6.07) is 12.0. The molecule has 0 aliphatic rings. The minimum atomic E-state index is -0.427. The van der Waals surface area contributed by atoms with Crippen molar-refractivity contribution in [2.45, 2.75) is 26.0 Å². The van der Waals surface area contributed by atoms with E-state index in [2.05, 4.69) is 0 Å². The second-order valence-electron chi connectivity index (χ2n) is 4.84. The lowest BCUT2D eigenvalue weighted by atomic mass is 10.0. The van der Waals surface area contributed by atoms with Crippen molar-refractivity contribution in [2.75, 3.05) is 0 Å². The van der Waals surface area contributed by atoms with Crippen LogP contribution < -0.4 is 10.5 Å². The van der Waals surface area contributed by atoms with Crippen molar-refractivity contribution in [1.29, 1.82) is 0 Å². The summed E-state index contributed by atoms with van der Waals surface area (Å²) in [5, 5.41) is 0.638. The van der Waals surface area contributed by atoms with Crippen LogP contribution in [0.25, 0.3) is 0 Å². The Morgan fingerprint density at radius 3 is 2.40 bits per heavy atom. The van der Waals surface area contributed by atoms with Crippen LogP contribution in [0.15, 0.2) is 42.5 Å². The van der Waals surface area contributed by atoms with Crippen molar-refractivity contribution in [2.24, 2.45) is 5.73 Å².